The van der Waals surface area contributed by atoms with Crippen molar-refractivity contribution >= 4 is 17.8 Å². The number of anilines is 1. The molecule has 2 aromatic carbocycles. The number of nitrogens with one attached hydrogen (secondary N) is 1. The monoisotopic (exact) mass is 327 g/mol. The van der Waals surface area contributed by atoms with E-state index in [4.69, 9.17) is 15.2 Å². The number of hydrogen-bond acceptors (Lipinski definition) is 5. The van der Waals surface area contributed by atoms with Gasteiger partial charge < -0.3 is 15.2 Å². The number of hydrazone groups is 1. The standard InChI is InChI=1S/C18H21N3O3/c1-3-9-24-16-8-7-13(10-17(16)23-2)12-20-21-18(22)14-5-4-6-15(19)11-14/h4-8,10-12H,3,9,19H2,1-2H3,(H,21,22)/b20-12-. The Kier molecular flexibility index (Phi) is 6.19. The fraction of sp³-hybridized carbons (Fsp3) is 0.222. The van der Waals surface area contributed by atoms with Gasteiger partial charge in [-0.15, -0.1) is 0 Å². The molecule has 2 rings (SSSR count). The van der Waals surface area contributed by atoms with E-state index in [9.17, 15) is 4.79 Å². The summed E-state index contributed by atoms with van der Waals surface area (Å²) in [4.78, 5) is 12.0. The largest absolute Gasteiger partial charge is 0.493 e. The molecule has 0 radical (unpaired) electrons. The molecule has 0 aromatic heterocycles. The number of nitrogens with two attached hydrogens (primary N) is 1. The van der Waals surface area contributed by atoms with Gasteiger partial charge in [0.2, 0.25) is 0 Å². The summed E-state index contributed by atoms with van der Waals surface area (Å²) in [5.41, 5.74) is 9.88. The summed E-state index contributed by atoms with van der Waals surface area (Å²) >= 11 is 0. The maximum atomic E-state index is 12.0. The van der Waals surface area contributed by atoms with Gasteiger partial charge in [-0.3, -0.25) is 4.79 Å². The summed E-state index contributed by atoms with van der Waals surface area (Å²) in [5.74, 6) is 0.975. The highest BCUT2D eigenvalue weighted by molar-refractivity contribution is 5.95. The first kappa shape index (κ1) is 17.3. The van der Waals surface area contributed by atoms with E-state index in [0.29, 0.717) is 29.4 Å². The zero-order valence-corrected chi connectivity index (χ0v) is 13.8. The van der Waals surface area contributed by atoms with E-state index in [-0.39, 0.29) is 5.91 Å². The van der Waals surface area contributed by atoms with Crippen LogP contribution in [0.2, 0.25) is 0 Å². The summed E-state index contributed by atoms with van der Waals surface area (Å²) in [6, 6.07) is 12.1. The van der Waals surface area contributed by atoms with E-state index >= 15 is 0 Å². The summed E-state index contributed by atoms with van der Waals surface area (Å²) in [6.45, 7) is 2.66. The van der Waals surface area contributed by atoms with Crippen molar-refractivity contribution in [2.45, 2.75) is 13.3 Å². The van der Waals surface area contributed by atoms with Gasteiger partial charge in [0.15, 0.2) is 11.5 Å². The van der Waals surface area contributed by atoms with E-state index in [1.54, 1.807) is 37.4 Å². The van der Waals surface area contributed by atoms with Crippen LogP contribution in [0.3, 0.4) is 0 Å². The van der Waals surface area contributed by atoms with Crippen LogP contribution in [-0.4, -0.2) is 25.8 Å². The smallest absolute Gasteiger partial charge is 0.271 e. The Bertz CT molecular complexity index is 729. The van der Waals surface area contributed by atoms with Gasteiger partial charge in [-0.1, -0.05) is 13.0 Å². The molecule has 0 aliphatic heterocycles. The van der Waals surface area contributed by atoms with Gasteiger partial charge in [-0.2, -0.15) is 5.10 Å². The van der Waals surface area contributed by atoms with Crippen LogP contribution in [0.5, 0.6) is 11.5 Å². The minimum atomic E-state index is -0.326. The van der Waals surface area contributed by atoms with Crippen LogP contribution in [0.25, 0.3) is 0 Å². The van der Waals surface area contributed by atoms with Crippen LogP contribution >= 0.6 is 0 Å². The lowest BCUT2D eigenvalue weighted by Gasteiger charge is -2.10. The van der Waals surface area contributed by atoms with Crippen LogP contribution in [0.15, 0.2) is 47.6 Å². The quantitative estimate of drug-likeness (QED) is 0.465. The highest BCUT2D eigenvalue weighted by atomic mass is 16.5. The van der Waals surface area contributed by atoms with Crippen molar-refractivity contribution in [1.82, 2.24) is 5.43 Å². The van der Waals surface area contributed by atoms with Crippen LogP contribution in [-0.2, 0) is 0 Å². The third-order valence-corrected chi connectivity index (χ3v) is 3.18. The zero-order chi connectivity index (χ0) is 17.4. The molecule has 0 atom stereocenters. The van der Waals surface area contributed by atoms with Crippen molar-refractivity contribution in [3.05, 3.63) is 53.6 Å². The molecule has 6 nitrogen and oxygen atoms in total. The third kappa shape index (κ3) is 4.74. The normalized spacial score (nSPS) is 10.6. The number of nitrogen functional groups attached to an aromatic ring is 1. The van der Waals surface area contributed by atoms with E-state index in [2.05, 4.69) is 10.5 Å². The van der Waals surface area contributed by atoms with E-state index in [1.807, 2.05) is 19.1 Å². The fourth-order valence-electron chi connectivity index (χ4n) is 2.01. The average Bonchev–Trinajstić information content (AvgIpc) is 2.60. The molecule has 3 N–H and O–H groups in total. The van der Waals surface area contributed by atoms with Gasteiger partial charge in [0, 0.05) is 11.3 Å². The number of carbonyl (C=O) groups is 1. The Morgan fingerprint density at radius 2 is 2.08 bits per heavy atom. The number of rotatable bonds is 7. The maximum Gasteiger partial charge on any atom is 0.271 e. The first-order valence-electron chi connectivity index (χ1n) is 7.63. The summed E-state index contributed by atoms with van der Waals surface area (Å²) < 4.78 is 10.9. The molecule has 2 aromatic rings. The Morgan fingerprint density at radius 1 is 1.25 bits per heavy atom. The highest BCUT2D eigenvalue weighted by Gasteiger charge is 2.06. The van der Waals surface area contributed by atoms with Crippen molar-refractivity contribution in [3.8, 4) is 11.5 Å². The molecule has 0 aliphatic carbocycles. The Labute approximate surface area is 141 Å². The van der Waals surface area contributed by atoms with E-state index in [1.165, 1.54) is 6.21 Å². The predicted octanol–water partition coefficient (Wildman–Crippen LogP) is 2.83. The zero-order valence-electron chi connectivity index (χ0n) is 13.8. The summed E-state index contributed by atoms with van der Waals surface area (Å²) in [5, 5.41) is 3.95. The lowest BCUT2D eigenvalue weighted by atomic mass is 10.2. The Morgan fingerprint density at radius 3 is 2.79 bits per heavy atom. The number of amides is 1. The molecular formula is C18H21N3O3. The Balaban J connectivity index is 2.02. The maximum absolute atomic E-state index is 12.0. The number of benzene rings is 2. The van der Waals surface area contributed by atoms with Gasteiger partial charge in [-0.05, 0) is 48.4 Å². The molecule has 0 heterocycles. The highest BCUT2D eigenvalue weighted by Crippen LogP contribution is 2.27. The third-order valence-electron chi connectivity index (χ3n) is 3.18. The molecule has 0 spiro atoms. The van der Waals surface area contributed by atoms with Gasteiger partial charge in [0.05, 0.1) is 19.9 Å². The molecule has 24 heavy (non-hydrogen) atoms. The predicted molar refractivity (Wildman–Crippen MR) is 94.7 cm³/mol. The van der Waals surface area contributed by atoms with Gasteiger partial charge in [0.1, 0.15) is 0 Å². The molecule has 0 bridgehead atoms. The second-order valence-electron chi connectivity index (χ2n) is 5.08. The van der Waals surface area contributed by atoms with Gasteiger partial charge >= 0.3 is 0 Å². The number of hydrogen-bond donors (Lipinski definition) is 2. The summed E-state index contributed by atoms with van der Waals surface area (Å²) in [7, 11) is 1.58. The first-order chi connectivity index (χ1) is 11.6. The van der Waals surface area contributed by atoms with E-state index < -0.39 is 0 Å². The fourth-order valence-corrected chi connectivity index (χ4v) is 2.01. The SMILES string of the molecule is CCCOc1ccc(/C=N\NC(=O)c2cccc(N)c2)cc1OC. The molecular weight excluding hydrogens is 306 g/mol. The minimum Gasteiger partial charge on any atom is -0.493 e. The van der Waals surface area contributed by atoms with Gasteiger partial charge in [0.25, 0.3) is 5.91 Å². The van der Waals surface area contributed by atoms with Crippen LogP contribution in [0, 0.1) is 0 Å². The molecule has 126 valence electrons. The second-order valence-corrected chi connectivity index (χ2v) is 5.08. The average molecular weight is 327 g/mol. The first-order valence-corrected chi connectivity index (χ1v) is 7.63. The van der Waals surface area contributed by atoms with Crippen molar-refractivity contribution in [2.24, 2.45) is 5.10 Å². The number of ether oxygens (including phenoxy) is 2. The minimum absolute atomic E-state index is 0.326. The molecule has 0 fully saturated rings. The lowest BCUT2D eigenvalue weighted by molar-refractivity contribution is 0.0955. The number of carbonyl (C=O) groups excluding carboxylic acids is 1. The lowest BCUT2D eigenvalue weighted by Crippen LogP contribution is -2.17. The van der Waals surface area contributed by atoms with Crippen molar-refractivity contribution in [2.75, 3.05) is 19.5 Å². The topological polar surface area (TPSA) is 85.9 Å². The van der Waals surface area contributed by atoms with Gasteiger partial charge in [-0.25, -0.2) is 5.43 Å². The van der Waals surface area contributed by atoms with Crippen LogP contribution in [0.4, 0.5) is 5.69 Å². The molecule has 0 unspecified atom stereocenters. The number of methoxy groups -OCH3 is 1. The van der Waals surface area contributed by atoms with Crippen molar-refractivity contribution in [3.63, 3.8) is 0 Å². The second kappa shape index (κ2) is 8.57. The molecule has 1 amide bonds. The van der Waals surface area contributed by atoms with Crippen molar-refractivity contribution < 1.29 is 14.3 Å². The van der Waals surface area contributed by atoms with Crippen molar-refractivity contribution in [1.29, 1.82) is 0 Å². The molecule has 6 heteroatoms. The van der Waals surface area contributed by atoms with Crippen LogP contribution in [0.1, 0.15) is 29.3 Å². The Hall–Kier alpha value is -3.02. The van der Waals surface area contributed by atoms with Crippen LogP contribution < -0.4 is 20.6 Å². The number of nitrogens with zero attached hydrogens (tertiary/aromatic N) is 1. The molecule has 0 saturated heterocycles. The summed E-state index contributed by atoms with van der Waals surface area (Å²) in [6.07, 6.45) is 2.46. The van der Waals surface area contributed by atoms with E-state index in [0.717, 1.165) is 12.0 Å². The molecule has 0 saturated carbocycles. The molecule has 0 aliphatic rings.